The van der Waals surface area contributed by atoms with Gasteiger partial charge in [-0.1, -0.05) is 6.92 Å². The molecule has 1 amide bonds. The number of benzene rings is 2. The van der Waals surface area contributed by atoms with Gasteiger partial charge in [0.1, 0.15) is 0 Å². The number of rotatable bonds is 5. The van der Waals surface area contributed by atoms with Gasteiger partial charge in [-0.25, -0.2) is 8.42 Å². The molecule has 2 aromatic carbocycles. The number of nitrogens with zero attached hydrogens (tertiary/aromatic N) is 1. The molecular weight excluding hydrogens is 420 g/mol. The Balaban J connectivity index is 1.52. The zero-order valence-electron chi connectivity index (χ0n) is 17.4. The van der Waals surface area contributed by atoms with Crippen molar-refractivity contribution in [3.8, 4) is 11.5 Å². The first-order valence-electron chi connectivity index (χ1n) is 10.1. The van der Waals surface area contributed by atoms with E-state index in [1.165, 1.54) is 41.6 Å². The minimum Gasteiger partial charge on any atom is -0.454 e. The number of anilines is 1. The Bertz CT molecular complexity index is 1120. The zero-order chi connectivity index (χ0) is 22.2. The van der Waals surface area contributed by atoms with Crippen molar-refractivity contribution >= 4 is 27.4 Å². The number of carbonyl (C=O) groups excluding carboxylic acids is 2. The average molecular weight is 445 g/mol. The second-order valence-electron chi connectivity index (χ2n) is 7.87. The summed E-state index contributed by atoms with van der Waals surface area (Å²) in [6, 6.07) is 8.90. The van der Waals surface area contributed by atoms with Gasteiger partial charge in [0.25, 0.3) is 5.91 Å². The first kappa shape index (κ1) is 21.3. The van der Waals surface area contributed by atoms with E-state index in [0.717, 1.165) is 12.8 Å². The summed E-state index contributed by atoms with van der Waals surface area (Å²) in [4.78, 5) is 24.9. The lowest BCUT2D eigenvalue weighted by Gasteiger charge is -2.29. The lowest BCUT2D eigenvalue weighted by Crippen LogP contribution is -2.37. The van der Waals surface area contributed by atoms with Gasteiger partial charge >= 0.3 is 0 Å². The zero-order valence-corrected chi connectivity index (χ0v) is 18.2. The highest BCUT2D eigenvalue weighted by Crippen LogP contribution is 2.37. The number of amides is 1. The molecule has 2 aromatic rings. The Labute approximate surface area is 181 Å². The van der Waals surface area contributed by atoms with Crippen LogP contribution in [0.2, 0.25) is 0 Å². The number of carbonyl (C=O) groups is 2. The van der Waals surface area contributed by atoms with Gasteiger partial charge in [-0.2, -0.15) is 4.31 Å². The van der Waals surface area contributed by atoms with Crippen LogP contribution < -0.4 is 14.8 Å². The highest BCUT2D eigenvalue weighted by atomic mass is 32.2. The largest absolute Gasteiger partial charge is 0.454 e. The number of nitrogens with one attached hydrogen (secondary N) is 1. The predicted molar refractivity (Wildman–Crippen MR) is 114 cm³/mol. The van der Waals surface area contributed by atoms with Gasteiger partial charge in [0.05, 0.1) is 10.6 Å². The van der Waals surface area contributed by atoms with E-state index in [1.807, 2.05) is 0 Å². The predicted octanol–water partition coefficient (Wildman–Crippen LogP) is 3.29. The summed E-state index contributed by atoms with van der Waals surface area (Å²) in [5, 5.41) is 2.71. The fraction of sp³-hybridized carbons (Fsp3) is 0.364. The summed E-state index contributed by atoms with van der Waals surface area (Å²) in [6.45, 7) is 4.58. The van der Waals surface area contributed by atoms with E-state index in [0.29, 0.717) is 41.8 Å². The molecule has 8 nitrogen and oxygen atoms in total. The van der Waals surface area contributed by atoms with Crippen molar-refractivity contribution in [3.05, 3.63) is 47.5 Å². The third kappa shape index (κ3) is 4.28. The van der Waals surface area contributed by atoms with Crippen molar-refractivity contribution in [2.24, 2.45) is 5.92 Å². The quantitative estimate of drug-likeness (QED) is 0.710. The van der Waals surface area contributed by atoms with Crippen LogP contribution in [0.3, 0.4) is 0 Å². The van der Waals surface area contributed by atoms with Gasteiger partial charge in [-0.05, 0) is 56.0 Å². The van der Waals surface area contributed by atoms with E-state index < -0.39 is 15.9 Å². The second-order valence-corrected chi connectivity index (χ2v) is 9.81. The van der Waals surface area contributed by atoms with Gasteiger partial charge < -0.3 is 14.8 Å². The smallest absolute Gasteiger partial charge is 0.255 e. The molecule has 0 aliphatic carbocycles. The van der Waals surface area contributed by atoms with E-state index in [2.05, 4.69) is 12.2 Å². The maximum Gasteiger partial charge on any atom is 0.255 e. The summed E-state index contributed by atoms with van der Waals surface area (Å²) < 4.78 is 37.8. The van der Waals surface area contributed by atoms with Gasteiger partial charge in [0.2, 0.25) is 16.8 Å². The first-order valence-corrected chi connectivity index (χ1v) is 11.6. The molecule has 0 atom stereocenters. The molecule has 2 aliphatic rings. The number of piperidine rings is 1. The molecular formula is C22H24N2O6S. The molecule has 31 heavy (non-hydrogen) atoms. The van der Waals surface area contributed by atoms with Crippen molar-refractivity contribution in [2.45, 2.75) is 31.6 Å². The number of hydrogen-bond acceptors (Lipinski definition) is 6. The summed E-state index contributed by atoms with van der Waals surface area (Å²) in [6.07, 6.45) is 1.68. The molecule has 1 fully saturated rings. The highest BCUT2D eigenvalue weighted by Gasteiger charge is 2.28. The van der Waals surface area contributed by atoms with Crippen molar-refractivity contribution in [1.29, 1.82) is 0 Å². The maximum absolute atomic E-state index is 12.9. The van der Waals surface area contributed by atoms with Crippen LogP contribution in [0, 0.1) is 5.92 Å². The lowest BCUT2D eigenvalue weighted by atomic mass is 10.0. The molecule has 2 aliphatic heterocycles. The molecule has 0 spiro atoms. The van der Waals surface area contributed by atoms with Crippen molar-refractivity contribution < 1.29 is 27.5 Å². The van der Waals surface area contributed by atoms with Crippen LogP contribution in [-0.4, -0.2) is 44.3 Å². The Morgan fingerprint density at radius 1 is 1.03 bits per heavy atom. The SMILES string of the molecule is CC(=O)c1cc2c(cc1NC(=O)c1ccc(S(=O)(=O)N3CCC(C)CC3)cc1)OCO2. The average Bonchev–Trinajstić information content (AvgIpc) is 3.21. The minimum absolute atomic E-state index is 0.0515. The van der Waals surface area contributed by atoms with E-state index in [-0.39, 0.29) is 23.0 Å². The normalized spacial score (nSPS) is 16.8. The number of fused-ring (bicyclic) bond motifs is 1. The number of Topliss-reactive ketones (excluding diaryl/α,β-unsaturated/α-hetero) is 1. The minimum atomic E-state index is -3.59. The van der Waals surface area contributed by atoms with Gasteiger partial charge in [-0.3, -0.25) is 9.59 Å². The number of ketones is 1. The summed E-state index contributed by atoms with van der Waals surface area (Å²) in [5.74, 6) is 0.721. The Kier molecular flexibility index (Phi) is 5.72. The molecule has 0 bridgehead atoms. The van der Waals surface area contributed by atoms with E-state index in [9.17, 15) is 18.0 Å². The first-order chi connectivity index (χ1) is 14.8. The molecule has 164 valence electrons. The van der Waals surface area contributed by atoms with E-state index >= 15 is 0 Å². The fourth-order valence-electron chi connectivity index (χ4n) is 3.68. The van der Waals surface area contributed by atoms with Gasteiger partial charge in [0.15, 0.2) is 17.3 Å². The van der Waals surface area contributed by atoms with Crippen LogP contribution >= 0.6 is 0 Å². The van der Waals surface area contributed by atoms with Crippen LogP contribution in [-0.2, 0) is 10.0 Å². The van der Waals surface area contributed by atoms with Crippen LogP contribution in [0.15, 0.2) is 41.3 Å². The van der Waals surface area contributed by atoms with Gasteiger partial charge in [-0.15, -0.1) is 0 Å². The molecule has 4 rings (SSSR count). The van der Waals surface area contributed by atoms with Crippen LogP contribution in [0.5, 0.6) is 11.5 Å². The lowest BCUT2D eigenvalue weighted by molar-refractivity contribution is 0.101. The van der Waals surface area contributed by atoms with E-state index in [4.69, 9.17) is 9.47 Å². The standard InChI is InChI=1S/C22H24N2O6S/c1-14-7-9-24(10-8-14)31(27,28)17-5-3-16(4-6-17)22(26)23-19-12-21-20(29-13-30-21)11-18(19)15(2)25/h3-6,11-12,14H,7-10,13H2,1-2H3,(H,23,26). The number of hydrogen-bond donors (Lipinski definition) is 1. The van der Waals surface area contributed by atoms with E-state index in [1.54, 1.807) is 6.07 Å². The second kappa shape index (κ2) is 8.32. The van der Waals surface area contributed by atoms with Crippen molar-refractivity contribution in [3.63, 3.8) is 0 Å². The molecule has 0 unspecified atom stereocenters. The fourth-order valence-corrected chi connectivity index (χ4v) is 5.15. The topological polar surface area (TPSA) is 102 Å². The van der Waals surface area contributed by atoms with Crippen LogP contribution in [0.25, 0.3) is 0 Å². The summed E-state index contributed by atoms with van der Waals surface area (Å²) >= 11 is 0. The molecule has 0 saturated carbocycles. The van der Waals surface area contributed by atoms with Gasteiger partial charge in [0, 0.05) is 30.3 Å². The Hall–Kier alpha value is -2.91. The molecule has 1 N–H and O–H groups in total. The molecule has 0 radical (unpaired) electrons. The van der Waals surface area contributed by atoms with Crippen LogP contribution in [0.4, 0.5) is 5.69 Å². The Morgan fingerprint density at radius 3 is 2.26 bits per heavy atom. The third-order valence-electron chi connectivity index (χ3n) is 5.64. The summed E-state index contributed by atoms with van der Waals surface area (Å²) in [7, 11) is -3.59. The third-order valence-corrected chi connectivity index (χ3v) is 7.55. The maximum atomic E-state index is 12.9. The molecule has 1 saturated heterocycles. The summed E-state index contributed by atoms with van der Waals surface area (Å²) in [5.41, 5.74) is 0.885. The van der Waals surface area contributed by atoms with Crippen LogP contribution in [0.1, 0.15) is 47.4 Å². The highest BCUT2D eigenvalue weighted by molar-refractivity contribution is 7.89. The molecule has 9 heteroatoms. The monoisotopic (exact) mass is 444 g/mol. The number of ether oxygens (including phenoxy) is 2. The molecule has 2 heterocycles. The van der Waals surface area contributed by atoms with Crippen molar-refractivity contribution in [2.75, 3.05) is 25.2 Å². The van der Waals surface area contributed by atoms with Crippen molar-refractivity contribution in [1.82, 2.24) is 4.31 Å². The number of sulfonamides is 1. The Morgan fingerprint density at radius 2 is 1.65 bits per heavy atom. The molecule has 0 aromatic heterocycles.